The molecule has 0 saturated carbocycles. The summed E-state index contributed by atoms with van der Waals surface area (Å²) >= 11 is 0. The van der Waals surface area contributed by atoms with E-state index in [-0.39, 0.29) is 0 Å². The monoisotopic (exact) mass is 201 g/mol. The average molecular weight is 201 g/mol. The largest absolute Gasteiger partial charge is 0.487 e. The van der Waals surface area contributed by atoms with Gasteiger partial charge < -0.3 is 10.5 Å². The van der Waals surface area contributed by atoms with Crippen molar-refractivity contribution in [2.45, 2.75) is 19.8 Å². The number of hydrogen-bond acceptors (Lipinski definition) is 2. The Morgan fingerprint density at radius 3 is 2.64 bits per heavy atom. The van der Waals surface area contributed by atoms with Crippen LogP contribution in [-0.2, 0) is 0 Å². The van der Waals surface area contributed by atoms with Gasteiger partial charge in [-0.05, 0) is 18.6 Å². The molecule has 0 amide bonds. The lowest BCUT2D eigenvalue weighted by atomic mass is 10.2. The van der Waals surface area contributed by atoms with Gasteiger partial charge in [-0.1, -0.05) is 6.07 Å². The van der Waals surface area contributed by atoms with Crippen molar-refractivity contribution < 1.29 is 13.5 Å². The highest BCUT2D eigenvalue weighted by molar-refractivity contribution is 5.47. The lowest BCUT2D eigenvalue weighted by molar-refractivity contribution is -0.0231. The second kappa shape index (κ2) is 3.82. The zero-order chi connectivity index (χ0) is 10.8. The van der Waals surface area contributed by atoms with Crippen LogP contribution < -0.4 is 10.5 Å². The molecule has 0 spiro atoms. The third-order valence-electron chi connectivity index (χ3n) is 1.69. The number of alkyl halides is 2. The van der Waals surface area contributed by atoms with Crippen LogP contribution in [0.5, 0.6) is 5.75 Å². The fraction of sp³-hybridized carbons (Fsp3) is 0.400. The van der Waals surface area contributed by atoms with Gasteiger partial charge in [-0.2, -0.15) is 0 Å². The molecule has 1 aromatic rings. The number of nitrogen functional groups attached to an aromatic ring is 1. The molecule has 78 valence electrons. The van der Waals surface area contributed by atoms with E-state index in [0.717, 1.165) is 12.5 Å². The first-order valence-electron chi connectivity index (χ1n) is 4.25. The van der Waals surface area contributed by atoms with Crippen LogP contribution in [0.15, 0.2) is 18.2 Å². The summed E-state index contributed by atoms with van der Waals surface area (Å²) in [6, 6.07) is 4.98. The highest BCUT2D eigenvalue weighted by Gasteiger charge is 2.22. The predicted octanol–water partition coefficient (Wildman–Crippen LogP) is 2.61. The van der Waals surface area contributed by atoms with Crippen molar-refractivity contribution in [3.8, 4) is 5.75 Å². The smallest absolute Gasteiger partial charge is 0.278 e. The summed E-state index contributed by atoms with van der Waals surface area (Å²) in [5, 5.41) is 0. The average Bonchev–Trinajstić information content (AvgIpc) is 2.05. The molecule has 0 aliphatic heterocycles. The molecule has 2 N–H and O–H groups in total. The maximum Gasteiger partial charge on any atom is 0.278 e. The number of hydrogen-bond donors (Lipinski definition) is 1. The highest BCUT2D eigenvalue weighted by Crippen LogP contribution is 2.22. The van der Waals surface area contributed by atoms with E-state index in [1.54, 1.807) is 25.1 Å². The molecule has 1 aromatic carbocycles. The Kier molecular flexibility index (Phi) is 2.93. The minimum absolute atomic E-state index is 0.409. The molecule has 2 nitrogen and oxygen atoms in total. The second-order valence-corrected chi connectivity index (χ2v) is 3.38. The van der Waals surface area contributed by atoms with Crippen LogP contribution in [-0.4, -0.2) is 12.5 Å². The van der Waals surface area contributed by atoms with Crippen LogP contribution in [0.2, 0.25) is 0 Å². The van der Waals surface area contributed by atoms with Crippen LogP contribution in [0.4, 0.5) is 14.5 Å². The first-order chi connectivity index (χ1) is 6.38. The summed E-state index contributed by atoms with van der Waals surface area (Å²) in [4.78, 5) is 0. The molecule has 0 bridgehead atoms. The van der Waals surface area contributed by atoms with E-state index in [4.69, 9.17) is 10.5 Å². The predicted molar refractivity (Wildman–Crippen MR) is 51.7 cm³/mol. The standard InChI is InChI=1S/C10H13F2NO/c1-7-3-4-8(13)5-9(7)14-6-10(2,11)12/h3-5H,6,13H2,1-2H3. The number of benzene rings is 1. The quantitative estimate of drug-likeness (QED) is 0.763. The second-order valence-electron chi connectivity index (χ2n) is 3.38. The number of anilines is 1. The van der Waals surface area contributed by atoms with Gasteiger partial charge in [0.05, 0.1) is 0 Å². The zero-order valence-corrected chi connectivity index (χ0v) is 8.18. The van der Waals surface area contributed by atoms with Gasteiger partial charge in [-0.15, -0.1) is 0 Å². The van der Waals surface area contributed by atoms with Gasteiger partial charge in [0.15, 0.2) is 6.61 Å². The zero-order valence-electron chi connectivity index (χ0n) is 8.18. The van der Waals surface area contributed by atoms with Crippen molar-refractivity contribution in [3.63, 3.8) is 0 Å². The van der Waals surface area contributed by atoms with Gasteiger partial charge in [-0.25, -0.2) is 8.78 Å². The molecule has 1 rings (SSSR count). The topological polar surface area (TPSA) is 35.2 Å². The lowest BCUT2D eigenvalue weighted by Gasteiger charge is -2.13. The minimum atomic E-state index is -2.82. The molecule has 0 atom stereocenters. The summed E-state index contributed by atoms with van der Waals surface area (Å²) in [6.07, 6.45) is 0. The Morgan fingerprint density at radius 2 is 2.07 bits per heavy atom. The van der Waals surface area contributed by atoms with E-state index >= 15 is 0 Å². The number of nitrogens with two attached hydrogens (primary N) is 1. The first kappa shape index (κ1) is 10.8. The molecule has 0 heterocycles. The summed E-state index contributed by atoms with van der Waals surface area (Å²) in [5.41, 5.74) is 6.80. The molecule has 0 aliphatic carbocycles. The van der Waals surface area contributed by atoms with Crippen molar-refractivity contribution in [2.75, 3.05) is 12.3 Å². The highest BCUT2D eigenvalue weighted by atomic mass is 19.3. The third kappa shape index (κ3) is 3.20. The van der Waals surface area contributed by atoms with E-state index < -0.39 is 12.5 Å². The van der Waals surface area contributed by atoms with Crippen molar-refractivity contribution in [3.05, 3.63) is 23.8 Å². The Hall–Kier alpha value is -1.32. The van der Waals surface area contributed by atoms with Gasteiger partial charge in [0, 0.05) is 18.7 Å². The van der Waals surface area contributed by atoms with Gasteiger partial charge in [-0.3, -0.25) is 0 Å². The molecule has 0 unspecified atom stereocenters. The summed E-state index contributed by atoms with van der Waals surface area (Å²) in [7, 11) is 0. The molecule has 0 saturated heterocycles. The minimum Gasteiger partial charge on any atom is -0.487 e. The molecule has 0 fully saturated rings. The van der Waals surface area contributed by atoms with Crippen molar-refractivity contribution in [2.24, 2.45) is 0 Å². The van der Waals surface area contributed by atoms with Crippen molar-refractivity contribution in [1.29, 1.82) is 0 Å². The van der Waals surface area contributed by atoms with Crippen LogP contribution in [0.25, 0.3) is 0 Å². The summed E-state index contributed by atoms with van der Waals surface area (Å²) in [6.45, 7) is 1.97. The number of rotatable bonds is 3. The van der Waals surface area contributed by atoms with Gasteiger partial charge >= 0.3 is 0 Å². The molecular formula is C10H13F2NO. The lowest BCUT2D eigenvalue weighted by Crippen LogP contribution is -2.21. The van der Waals surface area contributed by atoms with Gasteiger partial charge in [0.2, 0.25) is 0 Å². The molecular weight excluding hydrogens is 188 g/mol. The number of halogens is 2. The normalized spacial score (nSPS) is 11.4. The van der Waals surface area contributed by atoms with Crippen LogP contribution in [0.1, 0.15) is 12.5 Å². The summed E-state index contributed by atoms with van der Waals surface area (Å²) < 4.78 is 29.9. The van der Waals surface area contributed by atoms with Crippen molar-refractivity contribution >= 4 is 5.69 Å². The molecule has 0 radical (unpaired) electrons. The van der Waals surface area contributed by atoms with E-state index in [9.17, 15) is 8.78 Å². The SMILES string of the molecule is Cc1ccc(N)cc1OCC(C)(F)F. The van der Waals surface area contributed by atoms with Gasteiger partial charge in [0.25, 0.3) is 5.92 Å². The molecule has 14 heavy (non-hydrogen) atoms. The number of ether oxygens (including phenoxy) is 1. The third-order valence-corrected chi connectivity index (χ3v) is 1.69. The van der Waals surface area contributed by atoms with Crippen LogP contribution in [0, 0.1) is 6.92 Å². The molecule has 0 aliphatic rings. The maximum atomic E-state index is 12.5. The molecule has 4 heteroatoms. The number of aryl methyl sites for hydroxylation is 1. The van der Waals surface area contributed by atoms with Crippen LogP contribution >= 0.6 is 0 Å². The maximum absolute atomic E-state index is 12.5. The van der Waals surface area contributed by atoms with Crippen LogP contribution in [0.3, 0.4) is 0 Å². The first-order valence-corrected chi connectivity index (χ1v) is 4.25. The fourth-order valence-electron chi connectivity index (χ4n) is 0.977. The van der Waals surface area contributed by atoms with E-state index in [1.807, 2.05) is 0 Å². The Bertz CT molecular complexity index is 320. The Balaban J connectivity index is 2.72. The van der Waals surface area contributed by atoms with Gasteiger partial charge in [0.1, 0.15) is 5.75 Å². The van der Waals surface area contributed by atoms with E-state index in [1.165, 1.54) is 0 Å². The summed E-state index contributed by atoms with van der Waals surface area (Å²) in [5.74, 6) is -2.41. The Labute approximate surface area is 81.7 Å². The Morgan fingerprint density at radius 1 is 1.43 bits per heavy atom. The van der Waals surface area contributed by atoms with Crippen molar-refractivity contribution in [1.82, 2.24) is 0 Å². The van der Waals surface area contributed by atoms with E-state index in [0.29, 0.717) is 11.4 Å². The molecule has 0 aromatic heterocycles. The van der Waals surface area contributed by atoms with E-state index in [2.05, 4.69) is 0 Å². The fourth-order valence-corrected chi connectivity index (χ4v) is 0.977.